The average Bonchev–Trinajstić information content (AvgIpc) is 3.56. The molecule has 3 aromatic carbocycles. The van der Waals surface area contributed by atoms with Crippen molar-refractivity contribution in [2.75, 3.05) is 31.5 Å². The molecule has 1 aliphatic rings. The van der Waals surface area contributed by atoms with Gasteiger partial charge in [-0.15, -0.1) is 0 Å². The van der Waals surface area contributed by atoms with E-state index in [4.69, 9.17) is 9.97 Å². The van der Waals surface area contributed by atoms with Gasteiger partial charge in [0.1, 0.15) is 11.6 Å². The first-order chi connectivity index (χ1) is 20.3. The minimum atomic E-state index is -3.60. The highest BCUT2D eigenvalue weighted by molar-refractivity contribution is 7.89. The number of hydrogen-bond acceptors (Lipinski definition) is 7. The van der Waals surface area contributed by atoms with Gasteiger partial charge in [-0.1, -0.05) is 38.1 Å². The molecule has 1 atom stereocenters. The Hall–Kier alpha value is -4.12. The lowest BCUT2D eigenvalue weighted by atomic mass is 10.0. The Kier molecular flexibility index (Phi) is 7.76. The maximum atomic E-state index is 13.4. The highest BCUT2D eigenvalue weighted by Gasteiger charge is 2.31. The van der Waals surface area contributed by atoms with Crippen molar-refractivity contribution in [3.05, 3.63) is 103 Å². The van der Waals surface area contributed by atoms with Gasteiger partial charge in [0, 0.05) is 49.6 Å². The zero-order valence-corrected chi connectivity index (χ0v) is 24.9. The maximum Gasteiger partial charge on any atom is 0.243 e. The minimum Gasteiger partial charge on any atom is -0.340 e. The van der Waals surface area contributed by atoms with Crippen LogP contribution in [-0.2, 0) is 10.0 Å². The number of nitrogens with zero attached hydrogens (tertiary/aromatic N) is 6. The summed E-state index contributed by atoms with van der Waals surface area (Å²) in [6, 6.07) is 25.0. The number of aromatic nitrogens is 4. The van der Waals surface area contributed by atoms with Crippen LogP contribution in [0.15, 0.2) is 96.2 Å². The van der Waals surface area contributed by atoms with Crippen LogP contribution in [0.1, 0.15) is 44.1 Å². The molecular formula is C32H35N7O2S. The summed E-state index contributed by atoms with van der Waals surface area (Å²) in [6.07, 6.45) is 3.52. The van der Waals surface area contributed by atoms with E-state index < -0.39 is 10.0 Å². The van der Waals surface area contributed by atoms with Crippen LogP contribution < -0.4 is 5.32 Å². The zero-order valence-electron chi connectivity index (χ0n) is 24.1. The molecule has 9 nitrogen and oxygen atoms in total. The van der Waals surface area contributed by atoms with Gasteiger partial charge in [0.15, 0.2) is 0 Å². The Morgan fingerprint density at radius 2 is 1.52 bits per heavy atom. The second kappa shape index (κ2) is 11.6. The number of fused-ring (bicyclic) bond motifs is 1. The number of nitrogens with one attached hydrogen (secondary N) is 1. The predicted molar refractivity (Wildman–Crippen MR) is 166 cm³/mol. The lowest BCUT2D eigenvalue weighted by molar-refractivity contribution is 0.141. The number of hydrogen-bond donors (Lipinski definition) is 1. The highest BCUT2D eigenvalue weighted by atomic mass is 32.2. The van der Waals surface area contributed by atoms with Gasteiger partial charge in [-0.25, -0.2) is 23.1 Å². The van der Waals surface area contributed by atoms with E-state index in [1.54, 1.807) is 39.4 Å². The van der Waals surface area contributed by atoms with Crippen molar-refractivity contribution in [3.63, 3.8) is 0 Å². The van der Waals surface area contributed by atoms with E-state index in [2.05, 4.69) is 60.4 Å². The average molecular weight is 582 g/mol. The Bertz CT molecular complexity index is 1760. The fourth-order valence-electron chi connectivity index (χ4n) is 5.30. The first-order valence-electron chi connectivity index (χ1n) is 14.3. The van der Waals surface area contributed by atoms with Gasteiger partial charge >= 0.3 is 0 Å². The Morgan fingerprint density at radius 3 is 2.19 bits per heavy atom. The molecule has 5 aromatic rings. The van der Waals surface area contributed by atoms with Crippen molar-refractivity contribution in [1.29, 1.82) is 0 Å². The summed E-state index contributed by atoms with van der Waals surface area (Å²) < 4.78 is 30.1. The summed E-state index contributed by atoms with van der Waals surface area (Å²) >= 11 is 0. The van der Waals surface area contributed by atoms with Gasteiger partial charge < -0.3 is 5.32 Å². The Morgan fingerprint density at radius 1 is 0.810 bits per heavy atom. The van der Waals surface area contributed by atoms with Crippen LogP contribution in [0.4, 0.5) is 11.5 Å². The van der Waals surface area contributed by atoms with Crippen molar-refractivity contribution in [3.8, 4) is 5.69 Å². The zero-order chi connectivity index (χ0) is 29.3. The molecule has 1 fully saturated rings. The number of sulfonamides is 1. The highest BCUT2D eigenvalue weighted by Crippen LogP contribution is 2.29. The third-order valence-electron chi connectivity index (χ3n) is 7.90. The number of anilines is 2. The molecule has 0 bridgehead atoms. The number of benzene rings is 3. The van der Waals surface area contributed by atoms with Crippen LogP contribution in [0.3, 0.4) is 0 Å². The first kappa shape index (κ1) is 28.0. The number of piperazine rings is 1. The summed E-state index contributed by atoms with van der Waals surface area (Å²) in [6.45, 7) is 8.42. The van der Waals surface area contributed by atoms with Crippen LogP contribution in [-0.4, -0.2) is 63.6 Å². The van der Waals surface area contributed by atoms with Crippen molar-refractivity contribution in [1.82, 2.24) is 29.0 Å². The molecular weight excluding hydrogens is 546 g/mol. The van der Waals surface area contributed by atoms with Crippen molar-refractivity contribution < 1.29 is 8.42 Å². The summed E-state index contributed by atoms with van der Waals surface area (Å²) in [5, 5.41) is 8.67. The number of rotatable bonds is 8. The monoisotopic (exact) mass is 581 g/mol. The fourth-order valence-corrected chi connectivity index (χ4v) is 6.72. The molecule has 0 saturated carbocycles. The minimum absolute atomic E-state index is 0.0864. The van der Waals surface area contributed by atoms with Gasteiger partial charge in [-0.05, 0) is 73.0 Å². The van der Waals surface area contributed by atoms with Crippen molar-refractivity contribution in [2.45, 2.75) is 37.6 Å². The smallest absolute Gasteiger partial charge is 0.243 e. The van der Waals surface area contributed by atoms with E-state index in [0.29, 0.717) is 37.9 Å². The van der Waals surface area contributed by atoms with Crippen LogP contribution in [0.2, 0.25) is 0 Å². The molecule has 1 aliphatic heterocycles. The lowest BCUT2D eigenvalue weighted by Crippen LogP contribution is -2.49. The van der Waals surface area contributed by atoms with Crippen molar-refractivity contribution in [2.24, 2.45) is 0 Å². The summed E-state index contributed by atoms with van der Waals surface area (Å²) in [4.78, 5) is 12.4. The molecule has 0 aliphatic carbocycles. The largest absolute Gasteiger partial charge is 0.340 e. The van der Waals surface area contributed by atoms with Gasteiger partial charge in [0.25, 0.3) is 0 Å². The van der Waals surface area contributed by atoms with Crippen molar-refractivity contribution >= 4 is 32.4 Å². The maximum absolute atomic E-state index is 13.4. The molecule has 0 unspecified atom stereocenters. The Balaban J connectivity index is 1.17. The van der Waals surface area contributed by atoms with Gasteiger partial charge in [0.05, 0.1) is 22.1 Å². The third-order valence-corrected chi connectivity index (χ3v) is 9.81. The molecule has 0 radical (unpaired) electrons. The second-order valence-corrected chi connectivity index (χ2v) is 12.8. The topological polar surface area (TPSA) is 96.2 Å². The normalized spacial score (nSPS) is 15.7. The van der Waals surface area contributed by atoms with Crippen LogP contribution >= 0.6 is 0 Å². The first-order valence-corrected chi connectivity index (χ1v) is 15.7. The Labute approximate surface area is 246 Å². The molecule has 216 valence electrons. The standard InChI is InChI=1S/C32H35N7O2S/c1-23(2)25-9-11-26(12-10-25)34-32-29-7-4-5-8-30(29)35-31(36-32)24(3)37-19-21-38(22-20-37)42(40,41)28-15-13-27(14-16-28)39-18-6-17-33-39/h4-18,23-24H,19-22H2,1-3H3,(H,34,35,36)/t24-/m1/s1. The summed E-state index contributed by atoms with van der Waals surface area (Å²) in [7, 11) is -3.60. The molecule has 1 N–H and O–H groups in total. The third kappa shape index (κ3) is 5.65. The SMILES string of the molecule is CC(C)c1ccc(Nc2nc([C@@H](C)N3CCN(S(=O)(=O)c4ccc(-n5cccn5)cc4)CC3)nc3ccccc23)cc1. The lowest BCUT2D eigenvalue weighted by Gasteiger charge is -2.36. The fraction of sp³-hybridized carbons (Fsp3) is 0.281. The van der Waals surface area contributed by atoms with E-state index in [1.807, 2.05) is 36.5 Å². The molecule has 10 heteroatoms. The van der Waals surface area contributed by atoms with Crippen LogP contribution in [0.25, 0.3) is 16.6 Å². The summed E-state index contributed by atoms with van der Waals surface area (Å²) in [5.74, 6) is 1.94. The quantitative estimate of drug-likeness (QED) is 0.249. The van der Waals surface area contributed by atoms with Gasteiger partial charge in [-0.2, -0.15) is 9.40 Å². The molecule has 2 aromatic heterocycles. The number of para-hydroxylation sites is 1. The molecule has 1 saturated heterocycles. The van der Waals surface area contributed by atoms with E-state index in [9.17, 15) is 8.42 Å². The second-order valence-electron chi connectivity index (χ2n) is 10.9. The molecule has 0 amide bonds. The van der Waals surface area contributed by atoms with Gasteiger partial charge in [0.2, 0.25) is 10.0 Å². The van der Waals surface area contributed by atoms with E-state index in [1.165, 1.54) is 5.56 Å². The van der Waals surface area contributed by atoms with E-state index in [0.717, 1.165) is 28.1 Å². The molecule has 3 heterocycles. The molecule has 0 spiro atoms. The van der Waals surface area contributed by atoms with E-state index >= 15 is 0 Å². The van der Waals surface area contributed by atoms with Gasteiger partial charge in [-0.3, -0.25) is 4.90 Å². The molecule has 42 heavy (non-hydrogen) atoms. The summed E-state index contributed by atoms with van der Waals surface area (Å²) in [5.41, 5.74) is 3.94. The van der Waals surface area contributed by atoms with E-state index in [-0.39, 0.29) is 10.9 Å². The van der Waals surface area contributed by atoms with Crippen LogP contribution in [0, 0.1) is 0 Å². The van der Waals surface area contributed by atoms with Crippen LogP contribution in [0.5, 0.6) is 0 Å². The predicted octanol–water partition coefficient (Wildman–Crippen LogP) is 5.75. The molecule has 6 rings (SSSR count).